The first-order valence-corrected chi connectivity index (χ1v) is 11.0. The molecule has 2 N–H and O–H groups in total. The van der Waals surface area contributed by atoms with Gasteiger partial charge in [0.1, 0.15) is 5.82 Å². The van der Waals surface area contributed by atoms with Crippen molar-refractivity contribution in [3.63, 3.8) is 0 Å². The van der Waals surface area contributed by atoms with Gasteiger partial charge in [-0.2, -0.15) is 0 Å². The first-order valence-electron chi connectivity index (χ1n) is 10.2. The summed E-state index contributed by atoms with van der Waals surface area (Å²) in [6, 6.07) is 15.8. The molecule has 0 aliphatic carbocycles. The van der Waals surface area contributed by atoms with Crippen LogP contribution >= 0.6 is 15.9 Å². The van der Waals surface area contributed by atoms with Crippen molar-refractivity contribution < 1.29 is 9.53 Å². The molecule has 3 heterocycles. The van der Waals surface area contributed by atoms with Crippen molar-refractivity contribution in [2.75, 3.05) is 18.8 Å². The maximum absolute atomic E-state index is 13.3. The largest absolute Gasteiger partial charge is 0.383 e. The van der Waals surface area contributed by atoms with Gasteiger partial charge in [-0.05, 0) is 54.3 Å². The number of nitrogen functional groups attached to an aromatic ring is 1. The summed E-state index contributed by atoms with van der Waals surface area (Å²) in [5.74, 6) is 1.24. The predicted octanol–water partition coefficient (Wildman–Crippen LogP) is 5.02. The summed E-state index contributed by atoms with van der Waals surface area (Å²) >= 11 is 3.49. The number of rotatable bonds is 2. The van der Waals surface area contributed by atoms with Crippen molar-refractivity contribution in [3.8, 4) is 0 Å². The molecule has 1 fully saturated rings. The minimum Gasteiger partial charge on any atom is -0.383 e. The third kappa shape index (κ3) is 4.20. The normalized spacial score (nSPS) is 22.5. The van der Waals surface area contributed by atoms with E-state index in [0.717, 1.165) is 28.7 Å². The molecule has 0 radical (unpaired) electrons. The van der Waals surface area contributed by atoms with Gasteiger partial charge >= 0.3 is 0 Å². The number of anilines is 1. The average molecular weight is 468 g/mol. The number of fused-ring (bicyclic) bond motifs is 1. The minimum atomic E-state index is -0.101. The molecule has 2 aromatic rings. The van der Waals surface area contributed by atoms with Crippen LogP contribution in [-0.2, 0) is 11.3 Å². The average Bonchev–Trinajstić information content (AvgIpc) is 3.30. The van der Waals surface area contributed by atoms with Crippen molar-refractivity contribution in [1.29, 1.82) is 0 Å². The molecule has 6 heteroatoms. The number of aromatic nitrogens is 1. The summed E-state index contributed by atoms with van der Waals surface area (Å²) in [5.41, 5.74) is 9.90. The highest BCUT2D eigenvalue weighted by Gasteiger charge is 2.33. The number of nitrogens with two attached hydrogens (primary N) is 1. The predicted molar refractivity (Wildman–Crippen MR) is 121 cm³/mol. The van der Waals surface area contributed by atoms with Crippen LogP contribution in [0.15, 0.2) is 59.2 Å². The first kappa shape index (κ1) is 20.8. The fraction of sp³-hybridized carbons (Fsp3) is 0.333. The van der Waals surface area contributed by atoms with Crippen molar-refractivity contribution in [2.45, 2.75) is 32.5 Å². The van der Waals surface area contributed by atoms with E-state index in [2.05, 4.69) is 52.1 Å². The molecule has 1 amide bonds. The summed E-state index contributed by atoms with van der Waals surface area (Å²) in [6.45, 7) is 6.11. The van der Waals surface area contributed by atoms with E-state index in [1.165, 1.54) is 5.56 Å². The highest BCUT2D eigenvalue weighted by molar-refractivity contribution is 9.10. The zero-order valence-corrected chi connectivity index (χ0v) is 18.8. The first-order chi connectivity index (χ1) is 14.4. The Kier molecular flexibility index (Phi) is 6.06. The zero-order valence-electron chi connectivity index (χ0n) is 17.2. The molecule has 156 valence electrons. The maximum Gasteiger partial charge on any atom is 0.253 e. The van der Waals surface area contributed by atoms with Crippen LogP contribution < -0.4 is 5.73 Å². The molecular weight excluding hydrogens is 442 g/mol. The van der Waals surface area contributed by atoms with Crippen LogP contribution in [0.5, 0.6) is 0 Å². The Hall–Kier alpha value is -2.44. The number of hydrogen-bond donors (Lipinski definition) is 1. The van der Waals surface area contributed by atoms with Gasteiger partial charge in [0.05, 0.1) is 12.7 Å². The van der Waals surface area contributed by atoms with Gasteiger partial charge in [-0.15, -0.1) is 0 Å². The molecule has 5 nitrogen and oxygen atoms in total. The number of likely N-dealkylation sites (tertiary alicyclic amines) is 1. The highest BCUT2D eigenvalue weighted by Crippen LogP contribution is 2.34. The summed E-state index contributed by atoms with van der Waals surface area (Å²) < 4.78 is 6.78. The van der Waals surface area contributed by atoms with Crippen LogP contribution in [-0.4, -0.2) is 28.9 Å². The van der Waals surface area contributed by atoms with E-state index in [1.807, 2.05) is 24.0 Å². The van der Waals surface area contributed by atoms with Gasteiger partial charge in [-0.3, -0.25) is 4.79 Å². The molecule has 1 aromatic carbocycles. The number of ether oxygens (including phenoxy) is 1. The lowest BCUT2D eigenvalue weighted by Crippen LogP contribution is -2.28. The highest BCUT2D eigenvalue weighted by atomic mass is 79.9. The third-order valence-corrected chi connectivity index (χ3v) is 6.53. The molecule has 3 atom stereocenters. The number of benzene rings is 1. The summed E-state index contributed by atoms with van der Waals surface area (Å²) in [6.07, 6.45) is 1.53. The van der Waals surface area contributed by atoms with Gasteiger partial charge in [-0.1, -0.05) is 41.1 Å². The second-order valence-electron chi connectivity index (χ2n) is 8.05. The summed E-state index contributed by atoms with van der Waals surface area (Å²) in [5, 5.41) is 0. The molecule has 0 spiro atoms. The van der Waals surface area contributed by atoms with E-state index in [1.54, 1.807) is 18.3 Å². The summed E-state index contributed by atoms with van der Waals surface area (Å²) in [4.78, 5) is 19.6. The third-order valence-electron chi connectivity index (χ3n) is 6.00. The SMILES string of the molecule is CC1CN(C(=O)c2cccnc(N)c3c(cc2)CO[C@@H]3C)CC1c1ccc(Br)cc1. The van der Waals surface area contributed by atoms with Crippen LogP contribution in [0.3, 0.4) is 0 Å². The molecule has 2 aliphatic rings. The number of carbonyl (C=O) groups excluding carboxylic acids is 1. The van der Waals surface area contributed by atoms with Crippen molar-refractivity contribution >= 4 is 27.7 Å². The smallest absolute Gasteiger partial charge is 0.253 e. The van der Waals surface area contributed by atoms with E-state index in [-0.39, 0.29) is 12.0 Å². The van der Waals surface area contributed by atoms with Crippen LogP contribution in [0, 0.1) is 5.92 Å². The Morgan fingerprint density at radius 1 is 1.13 bits per heavy atom. The van der Waals surface area contributed by atoms with Crippen molar-refractivity contribution in [1.82, 2.24) is 9.88 Å². The molecule has 2 aliphatic heterocycles. The van der Waals surface area contributed by atoms with Crippen LogP contribution in [0.25, 0.3) is 0 Å². The van der Waals surface area contributed by atoms with E-state index in [9.17, 15) is 4.79 Å². The fourth-order valence-corrected chi connectivity index (χ4v) is 4.60. The molecule has 2 unspecified atom stereocenters. The molecular formula is C24H26BrN3O2. The lowest BCUT2D eigenvalue weighted by Gasteiger charge is -2.16. The molecule has 0 bridgehead atoms. The van der Waals surface area contributed by atoms with Crippen LogP contribution in [0.1, 0.15) is 52.9 Å². The zero-order chi connectivity index (χ0) is 21.3. The van der Waals surface area contributed by atoms with Gasteiger partial charge < -0.3 is 15.4 Å². The van der Waals surface area contributed by atoms with Crippen LogP contribution in [0.4, 0.5) is 5.82 Å². The molecule has 30 heavy (non-hydrogen) atoms. The van der Waals surface area contributed by atoms with Crippen LogP contribution in [0.2, 0.25) is 0 Å². The minimum absolute atomic E-state index is 0.0361. The van der Waals surface area contributed by atoms with Crippen molar-refractivity contribution in [3.05, 3.63) is 81.5 Å². The second-order valence-corrected chi connectivity index (χ2v) is 8.96. The molecule has 1 saturated heterocycles. The summed E-state index contributed by atoms with van der Waals surface area (Å²) in [7, 11) is 0. The monoisotopic (exact) mass is 467 g/mol. The van der Waals surface area contributed by atoms with E-state index in [0.29, 0.717) is 29.8 Å². The Labute approximate surface area is 185 Å². The van der Waals surface area contributed by atoms with E-state index in [4.69, 9.17) is 10.5 Å². The topological polar surface area (TPSA) is 68.5 Å². The maximum atomic E-state index is 13.3. The quantitative estimate of drug-likeness (QED) is 0.673. The van der Waals surface area contributed by atoms with Gasteiger partial charge in [0.2, 0.25) is 0 Å². The van der Waals surface area contributed by atoms with Gasteiger partial charge in [0, 0.05) is 40.8 Å². The Morgan fingerprint density at radius 3 is 2.67 bits per heavy atom. The van der Waals surface area contributed by atoms with E-state index >= 15 is 0 Å². The van der Waals surface area contributed by atoms with Gasteiger partial charge in [-0.25, -0.2) is 4.98 Å². The lowest BCUT2D eigenvalue weighted by atomic mass is 9.90. The lowest BCUT2D eigenvalue weighted by molar-refractivity contribution is 0.0784. The second kappa shape index (κ2) is 8.74. The fourth-order valence-electron chi connectivity index (χ4n) is 4.33. The number of amides is 1. The van der Waals surface area contributed by atoms with Gasteiger partial charge in [0.25, 0.3) is 5.91 Å². The molecule has 4 rings (SSSR count). The molecule has 0 saturated carbocycles. The number of hydrogen-bond acceptors (Lipinski definition) is 4. The van der Waals surface area contributed by atoms with E-state index < -0.39 is 0 Å². The number of halogens is 1. The molecule has 1 aromatic heterocycles. The van der Waals surface area contributed by atoms with Crippen molar-refractivity contribution in [2.24, 2.45) is 5.92 Å². The number of carbonyl (C=O) groups is 1. The number of nitrogens with zero attached hydrogens (tertiary/aromatic N) is 2. The Bertz CT molecular complexity index is 1010. The van der Waals surface area contributed by atoms with Gasteiger partial charge in [0.15, 0.2) is 0 Å². The Morgan fingerprint density at radius 2 is 1.90 bits per heavy atom. The standard InChI is InChI=1S/C24H26BrN3O2/c1-15-12-28(13-21(15)17-7-9-20(25)10-8-17)24(29)18-4-3-11-27-23(26)22-16(2)30-14-19(22)6-5-18/h3-11,15-16,21H,12-14H2,1-2H3,(H2,26,27)/t15?,16-,21?/m1/s1. The Balaban J connectivity index is 1.62.